The van der Waals surface area contributed by atoms with E-state index in [1.54, 1.807) is 0 Å². The predicted octanol–water partition coefficient (Wildman–Crippen LogP) is 2.67. The van der Waals surface area contributed by atoms with Gasteiger partial charge in [-0.1, -0.05) is 6.07 Å². The quantitative estimate of drug-likeness (QED) is 0.666. The Morgan fingerprint density at radius 2 is 2.00 bits per heavy atom. The van der Waals surface area contributed by atoms with Crippen molar-refractivity contribution in [2.24, 2.45) is 11.3 Å². The van der Waals surface area contributed by atoms with Crippen LogP contribution in [0.5, 0.6) is 11.5 Å². The Balaban J connectivity index is 1.30. The van der Waals surface area contributed by atoms with Crippen molar-refractivity contribution in [2.45, 2.75) is 45.2 Å². The maximum Gasteiger partial charge on any atom is 0.313 e. The third-order valence-corrected chi connectivity index (χ3v) is 7.65. The highest BCUT2D eigenvalue weighted by atomic mass is 16.7. The molecule has 3 atom stereocenters. The number of piperidine rings is 1. The second-order valence-corrected chi connectivity index (χ2v) is 9.34. The number of hydrogen-bond donors (Lipinski definition) is 0. The molecule has 1 aliphatic carbocycles. The third-order valence-electron chi connectivity index (χ3n) is 7.65. The minimum Gasteiger partial charge on any atom is -0.466 e. The lowest BCUT2D eigenvalue weighted by atomic mass is 9.61. The first-order chi connectivity index (χ1) is 15.2. The summed E-state index contributed by atoms with van der Waals surface area (Å²) >= 11 is 0. The molecule has 7 heteroatoms. The Morgan fingerprint density at radius 3 is 2.84 bits per heavy atom. The maximum atomic E-state index is 13.3. The fraction of sp³-hybridized carbons (Fsp3) is 0.708. The van der Waals surface area contributed by atoms with E-state index in [1.807, 2.05) is 13.0 Å². The highest BCUT2D eigenvalue weighted by Crippen LogP contribution is 2.49. The number of nitrogens with zero attached hydrogens (tertiary/aromatic N) is 2. The van der Waals surface area contributed by atoms with Gasteiger partial charge in [-0.15, -0.1) is 0 Å². The molecule has 1 aromatic rings. The number of benzene rings is 1. The van der Waals surface area contributed by atoms with Crippen LogP contribution in [-0.2, 0) is 20.8 Å². The van der Waals surface area contributed by atoms with Gasteiger partial charge in [0.15, 0.2) is 11.5 Å². The second kappa shape index (κ2) is 8.96. The van der Waals surface area contributed by atoms with E-state index < -0.39 is 0 Å². The van der Waals surface area contributed by atoms with Crippen LogP contribution in [0.4, 0.5) is 0 Å². The topological polar surface area (TPSA) is 60.5 Å². The molecule has 3 fully saturated rings. The summed E-state index contributed by atoms with van der Waals surface area (Å²) in [6, 6.07) is 6.73. The minimum atomic E-state index is -0.382. The number of carbonyl (C=O) groups excluding carboxylic acids is 1. The Bertz CT molecular complexity index is 796. The average molecular weight is 431 g/mol. The van der Waals surface area contributed by atoms with Gasteiger partial charge in [0.1, 0.15) is 0 Å². The molecular formula is C24H34N2O5. The van der Waals surface area contributed by atoms with E-state index in [0.717, 1.165) is 83.1 Å². The average Bonchev–Trinajstić information content (AvgIpc) is 3.27. The standard InChI is InChI=1S/C24H34N2O5/c1-2-29-23(27)24-7-5-20(26-9-11-28-12-10-26)14-19(24)6-8-25(16-24)15-18-3-4-21-22(13-18)31-17-30-21/h3-4,13,19-20H,2,5-12,14-17H2,1H3/t19-,20-,24-/m1/s1. The van der Waals surface area contributed by atoms with Crippen molar-refractivity contribution in [2.75, 3.05) is 52.8 Å². The van der Waals surface area contributed by atoms with Crippen LogP contribution in [0.1, 0.15) is 38.2 Å². The van der Waals surface area contributed by atoms with Gasteiger partial charge in [-0.05, 0) is 62.8 Å². The Kier molecular flexibility index (Phi) is 6.08. The Labute approximate surface area is 184 Å². The van der Waals surface area contributed by atoms with Gasteiger partial charge in [-0.2, -0.15) is 0 Å². The molecule has 0 bridgehead atoms. The van der Waals surface area contributed by atoms with E-state index in [2.05, 4.69) is 21.9 Å². The van der Waals surface area contributed by atoms with Gasteiger partial charge in [-0.25, -0.2) is 0 Å². The van der Waals surface area contributed by atoms with Gasteiger partial charge in [0.25, 0.3) is 0 Å². The van der Waals surface area contributed by atoms with Crippen LogP contribution < -0.4 is 9.47 Å². The van der Waals surface area contributed by atoms with Crippen molar-refractivity contribution in [1.82, 2.24) is 9.80 Å². The van der Waals surface area contributed by atoms with Gasteiger partial charge in [0, 0.05) is 32.2 Å². The first-order valence-corrected chi connectivity index (χ1v) is 11.8. The van der Waals surface area contributed by atoms with Crippen LogP contribution >= 0.6 is 0 Å². The third kappa shape index (κ3) is 4.15. The second-order valence-electron chi connectivity index (χ2n) is 9.34. The summed E-state index contributed by atoms with van der Waals surface area (Å²) in [4.78, 5) is 18.3. The fourth-order valence-electron chi connectivity index (χ4n) is 6.03. The van der Waals surface area contributed by atoms with Gasteiger partial charge >= 0.3 is 5.97 Å². The summed E-state index contributed by atoms with van der Waals surface area (Å²) in [5, 5.41) is 0. The van der Waals surface area contributed by atoms with Crippen LogP contribution in [-0.4, -0.2) is 74.6 Å². The van der Waals surface area contributed by atoms with Gasteiger partial charge < -0.3 is 18.9 Å². The molecule has 0 aromatic heterocycles. The molecule has 170 valence electrons. The van der Waals surface area contributed by atoms with Crippen molar-refractivity contribution in [3.63, 3.8) is 0 Å². The van der Waals surface area contributed by atoms with E-state index in [9.17, 15) is 4.79 Å². The lowest BCUT2D eigenvalue weighted by molar-refractivity contribution is -0.170. The van der Waals surface area contributed by atoms with Crippen LogP contribution in [0.2, 0.25) is 0 Å². The fourth-order valence-corrected chi connectivity index (χ4v) is 6.03. The number of rotatable bonds is 5. The number of morpholine rings is 1. The summed E-state index contributed by atoms with van der Waals surface area (Å²) in [7, 11) is 0. The van der Waals surface area contributed by atoms with Crippen LogP contribution in [0.15, 0.2) is 18.2 Å². The highest BCUT2D eigenvalue weighted by molar-refractivity contribution is 5.78. The molecule has 4 aliphatic rings. The molecule has 3 heterocycles. The number of hydrogen-bond acceptors (Lipinski definition) is 7. The molecule has 31 heavy (non-hydrogen) atoms. The molecule has 5 rings (SSSR count). The molecule has 1 saturated carbocycles. The molecule has 7 nitrogen and oxygen atoms in total. The van der Waals surface area contributed by atoms with Crippen molar-refractivity contribution in [3.05, 3.63) is 23.8 Å². The largest absolute Gasteiger partial charge is 0.466 e. The SMILES string of the molecule is CCOC(=O)[C@@]12CC[C@@H](N3CCOCC3)C[C@H]1CCN(Cc1ccc3c(c1)OCO3)C2. The summed E-state index contributed by atoms with van der Waals surface area (Å²) in [6.07, 6.45) is 4.12. The van der Waals surface area contributed by atoms with E-state index in [4.69, 9.17) is 18.9 Å². The normalized spacial score (nSPS) is 31.3. The van der Waals surface area contributed by atoms with Crippen molar-refractivity contribution >= 4 is 5.97 Å². The number of ether oxygens (including phenoxy) is 4. The smallest absolute Gasteiger partial charge is 0.313 e. The molecule has 1 aromatic carbocycles. The Morgan fingerprint density at radius 1 is 1.16 bits per heavy atom. The van der Waals surface area contributed by atoms with Gasteiger partial charge in [-0.3, -0.25) is 14.6 Å². The first-order valence-electron chi connectivity index (χ1n) is 11.8. The van der Waals surface area contributed by atoms with Crippen molar-refractivity contribution in [3.8, 4) is 11.5 Å². The van der Waals surface area contributed by atoms with E-state index in [1.165, 1.54) is 5.56 Å². The molecule has 0 N–H and O–H groups in total. The summed E-state index contributed by atoms with van der Waals surface area (Å²) < 4.78 is 22.2. The van der Waals surface area contributed by atoms with Gasteiger partial charge in [0.2, 0.25) is 6.79 Å². The summed E-state index contributed by atoms with van der Waals surface area (Å²) in [5.74, 6) is 2.03. The van der Waals surface area contributed by atoms with Crippen molar-refractivity contribution in [1.29, 1.82) is 0 Å². The number of esters is 1. The van der Waals surface area contributed by atoms with Crippen LogP contribution in [0.3, 0.4) is 0 Å². The summed E-state index contributed by atoms with van der Waals surface area (Å²) in [6.45, 7) is 8.94. The number of carbonyl (C=O) groups is 1. The molecule has 2 saturated heterocycles. The van der Waals surface area contributed by atoms with Crippen LogP contribution in [0, 0.1) is 11.3 Å². The monoisotopic (exact) mass is 430 g/mol. The van der Waals surface area contributed by atoms with Gasteiger partial charge in [0.05, 0.1) is 25.2 Å². The lowest BCUT2D eigenvalue weighted by Gasteiger charge is -2.52. The molecule has 0 amide bonds. The van der Waals surface area contributed by atoms with E-state index in [-0.39, 0.29) is 11.4 Å². The molecule has 0 spiro atoms. The predicted molar refractivity (Wildman–Crippen MR) is 115 cm³/mol. The first kappa shape index (κ1) is 21.0. The van der Waals surface area contributed by atoms with Crippen molar-refractivity contribution < 1.29 is 23.7 Å². The highest BCUT2D eigenvalue weighted by Gasteiger charge is 2.53. The maximum absolute atomic E-state index is 13.3. The van der Waals surface area contributed by atoms with E-state index >= 15 is 0 Å². The molecule has 3 aliphatic heterocycles. The summed E-state index contributed by atoms with van der Waals surface area (Å²) in [5.41, 5.74) is 0.816. The zero-order valence-corrected chi connectivity index (χ0v) is 18.5. The zero-order valence-electron chi connectivity index (χ0n) is 18.5. The number of likely N-dealkylation sites (tertiary alicyclic amines) is 1. The Hall–Kier alpha value is -1.83. The minimum absolute atomic E-state index is 0.0100. The molecule has 0 radical (unpaired) electrons. The molecule has 0 unspecified atom stereocenters. The number of fused-ring (bicyclic) bond motifs is 2. The van der Waals surface area contributed by atoms with Crippen LogP contribution in [0.25, 0.3) is 0 Å². The zero-order chi connectivity index (χ0) is 21.3. The molecular weight excluding hydrogens is 396 g/mol. The lowest BCUT2D eigenvalue weighted by Crippen LogP contribution is -2.58. The van der Waals surface area contributed by atoms with E-state index in [0.29, 0.717) is 25.4 Å².